The Bertz CT molecular complexity index is 223. The van der Waals surface area contributed by atoms with Gasteiger partial charge in [0.25, 0.3) is 0 Å². The summed E-state index contributed by atoms with van der Waals surface area (Å²) in [6, 6.07) is -0.778. The number of rotatable bonds is 1. The highest BCUT2D eigenvalue weighted by molar-refractivity contribution is 5.98. The summed E-state index contributed by atoms with van der Waals surface area (Å²) in [7, 11) is 0. The third kappa shape index (κ3) is 1.76. The van der Waals surface area contributed by atoms with Gasteiger partial charge in [-0.05, 0) is 0 Å². The molecule has 0 saturated carbocycles. The lowest BCUT2D eigenvalue weighted by atomic mass is 10.2. The average molecular weight is 157 g/mol. The van der Waals surface area contributed by atoms with Crippen molar-refractivity contribution in [1.29, 1.82) is 0 Å². The molecule has 60 valence electrons. The summed E-state index contributed by atoms with van der Waals surface area (Å²) < 4.78 is 4.18. The SMILES string of the molecule is CC(=O)N[C@@H]1CC(=O)OC1=O. The topological polar surface area (TPSA) is 72.5 Å². The van der Waals surface area contributed by atoms with Crippen molar-refractivity contribution >= 4 is 17.8 Å². The van der Waals surface area contributed by atoms with E-state index in [9.17, 15) is 14.4 Å². The Balaban J connectivity index is 2.53. The van der Waals surface area contributed by atoms with Gasteiger partial charge in [0.05, 0.1) is 6.42 Å². The van der Waals surface area contributed by atoms with Gasteiger partial charge in [0.15, 0.2) is 0 Å². The number of cyclic esters (lactones) is 2. The molecule has 5 nitrogen and oxygen atoms in total. The summed E-state index contributed by atoms with van der Waals surface area (Å²) in [5.41, 5.74) is 0. The van der Waals surface area contributed by atoms with Crippen LogP contribution in [-0.4, -0.2) is 23.9 Å². The van der Waals surface area contributed by atoms with E-state index < -0.39 is 18.0 Å². The summed E-state index contributed by atoms with van der Waals surface area (Å²) in [4.78, 5) is 31.5. The van der Waals surface area contributed by atoms with E-state index in [0.717, 1.165) is 0 Å². The van der Waals surface area contributed by atoms with Crippen molar-refractivity contribution < 1.29 is 19.1 Å². The molecule has 1 fully saturated rings. The fourth-order valence-electron chi connectivity index (χ4n) is 0.830. The van der Waals surface area contributed by atoms with Gasteiger partial charge in [0.2, 0.25) is 5.91 Å². The van der Waals surface area contributed by atoms with Crippen molar-refractivity contribution in [2.45, 2.75) is 19.4 Å². The quantitative estimate of drug-likeness (QED) is 0.390. The predicted octanol–water partition coefficient (Wildman–Crippen LogP) is -1.04. The van der Waals surface area contributed by atoms with Gasteiger partial charge in [-0.25, -0.2) is 4.79 Å². The van der Waals surface area contributed by atoms with Gasteiger partial charge in [-0.2, -0.15) is 0 Å². The third-order valence-electron chi connectivity index (χ3n) is 1.25. The lowest BCUT2D eigenvalue weighted by Crippen LogP contribution is -2.36. The Morgan fingerprint density at radius 3 is 2.64 bits per heavy atom. The van der Waals surface area contributed by atoms with Gasteiger partial charge in [-0.3, -0.25) is 9.59 Å². The number of nitrogens with one attached hydrogen (secondary N) is 1. The van der Waals surface area contributed by atoms with Crippen LogP contribution < -0.4 is 5.32 Å². The molecule has 0 aromatic rings. The lowest BCUT2D eigenvalue weighted by Gasteiger charge is -2.02. The van der Waals surface area contributed by atoms with Gasteiger partial charge in [0.1, 0.15) is 6.04 Å². The second-order valence-corrected chi connectivity index (χ2v) is 2.25. The fourth-order valence-corrected chi connectivity index (χ4v) is 0.830. The van der Waals surface area contributed by atoms with E-state index in [2.05, 4.69) is 10.1 Å². The van der Waals surface area contributed by atoms with Crippen LogP contribution in [-0.2, 0) is 19.1 Å². The standard InChI is InChI=1S/C6H7NO4/c1-3(8)7-4-2-5(9)11-6(4)10/h4H,2H2,1H3,(H,7,8)/t4-/m1/s1. The summed E-state index contributed by atoms with van der Waals surface area (Å²) in [6.45, 7) is 1.27. The van der Waals surface area contributed by atoms with Crippen molar-refractivity contribution in [3.63, 3.8) is 0 Å². The fraction of sp³-hybridized carbons (Fsp3) is 0.500. The Kier molecular flexibility index (Phi) is 1.89. The largest absolute Gasteiger partial charge is 0.392 e. The lowest BCUT2D eigenvalue weighted by molar-refractivity contribution is -0.153. The molecular formula is C6H7NO4. The molecule has 11 heavy (non-hydrogen) atoms. The normalized spacial score (nSPS) is 23.2. The summed E-state index contributed by atoms with van der Waals surface area (Å²) in [5, 5.41) is 2.29. The zero-order valence-electron chi connectivity index (χ0n) is 5.92. The number of ether oxygens (including phenoxy) is 1. The van der Waals surface area contributed by atoms with Crippen molar-refractivity contribution in [2.75, 3.05) is 0 Å². The van der Waals surface area contributed by atoms with E-state index in [1.165, 1.54) is 6.92 Å². The molecule has 0 aromatic heterocycles. The number of carbonyl (C=O) groups is 3. The van der Waals surface area contributed by atoms with Crippen molar-refractivity contribution in [1.82, 2.24) is 5.32 Å². The molecule has 1 saturated heterocycles. The van der Waals surface area contributed by atoms with Crippen LogP contribution in [0.2, 0.25) is 0 Å². The summed E-state index contributed by atoms with van der Waals surface area (Å²) in [5.74, 6) is -1.61. The zero-order valence-corrected chi connectivity index (χ0v) is 5.92. The molecule has 0 radical (unpaired) electrons. The molecule has 0 aliphatic carbocycles. The Morgan fingerprint density at radius 2 is 2.27 bits per heavy atom. The first-order valence-corrected chi connectivity index (χ1v) is 3.11. The molecular weight excluding hydrogens is 150 g/mol. The van der Waals surface area contributed by atoms with E-state index in [0.29, 0.717) is 0 Å². The van der Waals surface area contributed by atoms with Crippen LogP contribution in [0.4, 0.5) is 0 Å². The van der Waals surface area contributed by atoms with Gasteiger partial charge < -0.3 is 10.1 Å². The highest BCUT2D eigenvalue weighted by Gasteiger charge is 2.33. The maximum atomic E-state index is 10.7. The molecule has 0 bridgehead atoms. The summed E-state index contributed by atoms with van der Waals surface area (Å²) in [6.07, 6.45) is -0.0571. The third-order valence-corrected chi connectivity index (χ3v) is 1.25. The molecule has 1 N–H and O–H groups in total. The molecule has 5 heteroatoms. The van der Waals surface area contributed by atoms with Crippen molar-refractivity contribution in [2.24, 2.45) is 0 Å². The number of carbonyl (C=O) groups excluding carboxylic acids is 3. The zero-order chi connectivity index (χ0) is 8.43. The molecule has 1 atom stereocenters. The first-order chi connectivity index (χ1) is 5.09. The maximum absolute atomic E-state index is 10.7. The summed E-state index contributed by atoms with van der Waals surface area (Å²) >= 11 is 0. The highest BCUT2D eigenvalue weighted by Crippen LogP contribution is 2.06. The monoisotopic (exact) mass is 157 g/mol. The first kappa shape index (κ1) is 7.71. The van der Waals surface area contributed by atoms with Crippen LogP contribution in [0, 0.1) is 0 Å². The molecule has 0 spiro atoms. The van der Waals surface area contributed by atoms with Crippen LogP contribution in [0.3, 0.4) is 0 Å². The molecule has 1 amide bonds. The van der Waals surface area contributed by atoms with Crippen LogP contribution in [0.25, 0.3) is 0 Å². The van der Waals surface area contributed by atoms with Gasteiger partial charge in [-0.15, -0.1) is 0 Å². The van der Waals surface area contributed by atoms with Crippen LogP contribution in [0.5, 0.6) is 0 Å². The number of hydrogen-bond acceptors (Lipinski definition) is 4. The molecule has 1 rings (SSSR count). The minimum absolute atomic E-state index is 0.0571. The van der Waals surface area contributed by atoms with E-state index in [1.807, 2.05) is 0 Å². The van der Waals surface area contributed by atoms with Gasteiger partial charge >= 0.3 is 11.9 Å². The maximum Gasteiger partial charge on any atom is 0.336 e. The van der Waals surface area contributed by atoms with Crippen molar-refractivity contribution in [3.8, 4) is 0 Å². The highest BCUT2D eigenvalue weighted by atomic mass is 16.6. The van der Waals surface area contributed by atoms with E-state index >= 15 is 0 Å². The Hall–Kier alpha value is -1.39. The number of hydrogen-bond donors (Lipinski definition) is 1. The van der Waals surface area contributed by atoms with Gasteiger partial charge in [0, 0.05) is 6.92 Å². The second-order valence-electron chi connectivity index (χ2n) is 2.25. The number of amides is 1. The molecule has 0 unspecified atom stereocenters. The molecule has 1 heterocycles. The Labute approximate surface area is 62.7 Å². The minimum Gasteiger partial charge on any atom is -0.392 e. The van der Waals surface area contributed by atoms with E-state index in [1.54, 1.807) is 0 Å². The first-order valence-electron chi connectivity index (χ1n) is 3.11. The van der Waals surface area contributed by atoms with E-state index in [4.69, 9.17) is 0 Å². The Morgan fingerprint density at radius 1 is 1.64 bits per heavy atom. The average Bonchev–Trinajstić information content (AvgIpc) is 2.09. The molecule has 0 aromatic carbocycles. The minimum atomic E-state index is -0.778. The number of esters is 2. The van der Waals surface area contributed by atoms with Crippen LogP contribution >= 0.6 is 0 Å². The van der Waals surface area contributed by atoms with Gasteiger partial charge in [-0.1, -0.05) is 0 Å². The second kappa shape index (κ2) is 2.69. The smallest absolute Gasteiger partial charge is 0.336 e. The predicted molar refractivity (Wildman–Crippen MR) is 33.3 cm³/mol. The van der Waals surface area contributed by atoms with E-state index in [-0.39, 0.29) is 12.3 Å². The van der Waals surface area contributed by atoms with Crippen LogP contribution in [0.15, 0.2) is 0 Å². The molecule has 1 aliphatic rings. The van der Waals surface area contributed by atoms with Crippen LogP contribution in [0.1, 0.15) is 13.3 Å². The van der Waals surface area contributed by atoms with Crippen molar-refractivity contribution in [3.05, 3.63) is 0 Å². The molecule has 1 aliphatic heterocycles.